The summed E-state index contributed by atoms with van der Waals surface area (Å²) in [5.41, 5.74) is 12.2. The highest BCUT2D eigenvalue weighted by Crippen LogP contribution is 2.19. The Kier molecular flexibility index (Phi) is 4.90. The molecule has 0 unspecified atom stereocenters. The number of carbonyl (C=O) groups is 1. The minimum atomic E-state index is -0.260. The summed E-state index contributed by atoms with van der Waals surface area (Å²) in [6, 6.07) is 12.1. The molecule has 2 heterocycles. The first-order valence-electron chi connectivity index (χ1n) is 7.68. The first kappa shape index (κ1) is 16.8. The van der Waals surface area contributed by atoms with Crippen molar-refractivity contribution in [2.24, 2.45) is 5.10 Å². The van der Waals surface area contributed by atoms with E-state index in [2.05, 4.69) is 37.4 Å². The predicted molar refractivity (Wildman–Crippen MR) is 99.0 cm³/mol. The fraction of sp³-hybridized carbons (Fsp3) is 0.176. The van der Waals surface area contributed by atoms with Crippen LogP contribution in [0.3, 0.4) is 0 Å². The van der Waals surface area contributed by atoms with Crippen molar-refractivity contribution in [1.29, 1.82) is 0 Å². The van der Waals surface area contributed by atoms with Crippen LogP contribution in [0.25, 0.3) is 5.69 Å². The van der Waals surface area contributed by atoms with Crippen molar-refractivity contribution in [2.45, 2.75) is 20.3 Å². The summed E-state index contributed by atoms with van der Waals surface area (Å²) in [4.78, 5) is 11.9. The lowest BCUT2D eigenvalue weighted by Gasteiger charge is -2.08. The molecule has 8 heteroatoms. The summed E-state index contributed by atoms with van der Waals surface area (Å²) in [6.07, 6.45) is 1.75. The molecule has 0 saturated heterocycles. The van der Waals surface area contributed by atoms with E-state index >= 15 is 0 Å². The molecule has 1 aromatic carbocycles. The number of carbonyl (C=O) groups excluding carboxylic acids is 1. The first-order chi connectivity index (χ1) is 12.0. The number of nitrogen functional groups attached to an aromatic ring is 1. The van der Waals surface area contributed by atoms with Crippen molar-refractivity contribution >= 4 is 28.6 Å². The summed E-state index contributed by atoms with van der Waals surface area (Å²) < 4.78 is 2.15. The number of nitrogens with zero attached hydrogens (tertiary/aromatic N) is 4. The maximum atomic E-state index is 11.9. The van der Waals surface area contributed by atoms with E-state index in [4.69, 9.17) is 5.73 Å². The van der Waals surface area contributed by atoms with E-state index in [9.17, 15) is 4.79 Å². The third-order valence-electron chi connectivity index (χ3n) is 3.67. The van der Waals surface area contributed by atoms with Gasteiger partial charge in [0.1, 0.15) is 5.01 Å². The zero-order chi connectivity index (χ0) is 17.8. The monoisotopic (exact) mass is 354 g/mol. The van der Waals surface area contributed by atoms with Gasteiger partial charge in [0.15, 0.2) is 0 Å². The number of rotatable bonds is 5. The molecule has 0 spiro atoms. The Morgan fingerprint density at radius 2 is 2.08 bits per heavy atom. The van der Waals surface area contributed by atoms with Gasteiger partial charge >= 0.3 is 0 Å². The van der Waals surface area contributed by atoms with E-state index < -0.39 is 0 Å². The Hall–Kier alpha value is -3.00. The Labute approximate surface area is 149 Å². The van der Waals surface area contributed by atoms with Gasteiger partial charge in [0, 0.05) is 22.6 Å². The fourth-order valence-electron chi connectivity index (χ4n) is 2.58. The molecule has 3 N–H and O–H groups in total. The van der Waals surface area contributed by atoms with Gasteiger partial charge in [-0.1, -0.05) is 29.5 Å². The van der Waals surface area contributed by atoms with Crippen molar-refractivity contribution in [3.05, 3.63) is 58.4 Å². The van der Waals surface area contributed by atoms with Crippen LogP contribution in [0.1, 0.15) is 22.0 Å². The normalized spacial score (nSPS) is 11.1. The van der Waals surface area contributed by atoms with E-state index in [1.54, 1.807) is 6.21 Å². The van der Waals surface area contributed by atoms with Crippen LogP contribution >= 0.6 is 11.3 Å². The first-order valence-corrected chi connectivity index (χ1v) is 8.50. The third-order valence-corrected chi connectivity index (χ3v) is 4.42. The molecule has 2 aromatic heterocycles. The second-order valence-electron chi connectivity index (χ2n) is 5.50. The molecule has 7 nitrogen and oxygen atoms in total. The number of aromatic nitrogens is 3. The quantitative estimate of drug-likeness (QED) is 0.542. The highest BCUT2D eigenvalue weighted by atomic mass is 32.1. The van der Waals surface area contributed by atoms with Crippen LogP contribution < -0.4 is 11.2 Å². The number of hydrazone groups is 1. The van der Waals surface area contributed by atoms with Crippen LogP contribution in [0.5, 0.6) is 0 Å². The molecule has 1 amide bonds. The molecule has 0 aliphatic rings. The fourth-order valence-corrected chi connectivity index (χ4v) is 3.19. The van der Waals surface area contributed by atoms with Gasteiger partial charge in [0.05, 0.1) is 12.6 Å². The van der Waals surface area contributed by atoms with Gasteiger partial charge in [-0.3, -0.25) is 4.79 Å². The molecule has 0 saturated carbocycles. The molecule has 0 aliphatic carbocycles. The highest BCUT2D eigenvalue weighted by Gasteiger charge is 2.10. The second kappa shape index (κ2) is 7.27. The van der Waals surface area contributed by atoms with Crippen LogP contribution in [0.2, 0.25) is 0 Å². The lowest BCUT2D eigenvalue weighted by Crippen LogP contribution is -2.19. The SMILES string of the molecule is Cc1cc(C=NNC(=O)Cc2nnc(N)s2)c(C)n1-c1ccccc1. The maximum Gasteiger partial charge on any atom is 0.247 e. The van der Waals surface area contributed by atoms with Gasteiger partial charge in [-0.2, -0.15) is 5.10 Å². The molecule has 3 rings (SSSR count). The Morgan fingerprint density at radius 3 is 2.76 bits per heavy atom. The van der Waals surface area contributed by atoms with Gasteiger partial charge in [-0.25, -0.2) is 5.43 Å². The van der Waals surface area contributed by atoms with Crippen molar-refractivity contribution in [3.63, 3.8) is 0 Å². The molecule has 0 bridgehead atoms. The molecule has 128 valence electrons. The topological polar surface area (TPSA) is 98.2 Å². The number of nitrogens with two attached hydrogens (primary N) is 1. The van der Waals surface area contributed by atoms with E-state index in [1.807, 2.05) is 38.1 Å². The number of aryl methyl sites for hydroxylation is 1. The largest absolute Gasteiger partial charge is 0.374 e. The van der Waals surface area contributed by atoms with Crippen molar-refractivity contribution < 1.29 is 4.79 Å². The molecule has 25 heavy (non-hydrogen) atoms. The minimum absolute atomic E-state index is 0.106. The van der Waals surface area contributed by atoms with Crippen molar-refractivity contribution in [2.75, 3.05) is 5.73 Å². The number of amides is 1. The molecule has 0 radical (unpaired) electrons. The average Bonchev–Trinajstić information content (AvgIpc) is 3.11. The Balaban J connectivity index is 1.69. The van der Waals surface area contributed by atoms with Crippen LogP contribution in [0.4, 0.5) is 5.13 Å². The predicted octanol–water partition coefficient (Wildman–Crippen LogP) is 2.22. The minimum Gasteiger partial charge on any atom is -0.374 e. The van der Waals surface area contributed by atoms with Gasteiger partial charge in [-0.05, 0) is 32.0 Å². The molecule has 0 fully saturated rings. The summed E-state index contributed by atoms with van der Waals surface area (Å²) >= 11 is 1.19. The standard InChI is InChI=1S/C17H18N6OS/c1-11-8-13(12(2)23(11)14-6-4-3-5-7-14)10-19-20-15(24)9-16-21-22-17(18)25-16/h3-8,10H,9H2,1-2H3,(H2,18,22)(H,20,24). The molecular formula is C17H18N6OS. The number of anilines is 1. The maximum absolute atomic E-state index is 11.9. The molecule has 0 aliphatic heterocycles. The molecule has 3 aromatic rings. The van der Waals surface area contributed by atoms with Gasteiger partial charge in [0.25, 0.3) is 0 Å². The smallest absolute Gasteiger partial charge is 0.247 e. The van der Waals surface area contributed by atoms with E-state index in [0.717, 1.165) is 22.6 Å². The van der Waals surface area contributed by atoms with Crippen molar-refractivity contribution in [3.8, 4) is 5.69 Å². The average molecular weight is 354 g/mol. The number of hydrogen-bond acceptors (Lipinski definition) is 6. The van der Waals surface area contributed by atoms with Crippen LogP contribution in [-0.2, 0) is 11.2 Å². The van der Waals surface area contributed by atoms with E-state index in [-0.39, 0.29) is 12.3 Å². The summed E-state index contributed by atoms with van der Waals surface area (Å²) in [6.45, 7) is 4.06. The number of hydrogen-bond donors (Lipinski definition) is 2. The lowest BCUT2D eigenvalue weighted by molar-refractivity contribution is -0.120. The molecule has 0 atom stereocenters. The van der Waals surface area contributed by atoms with Crippen LogP contribution in [0, 0.1) is 13.8 Å². The zero-order valence-electron chi connectivity index (χ0n) is 13.9. The van der Waals surface area contributed by atoms with Crippen LogP contribution in [-0.4, -0.2) is 26.9 Å². The highest BCUT2D eigenvalue weighted by molar-refractivity contribution is 7.15. The summed E-state index contributed by atoms with van der Waals surface area (Å²) in [7, 11) is 0. The van der Waals surface area contributed by atoms with Crippen molar-refractivity contribution in [1.82, 2.24) is 20.2 Å². The number of benzene rings is 1. The summed E-state index contributed by atoms with van der Waals surface area (Å²) in [5.74, 6) is -0.260. The third kappa shape index (κ3) is 3.92. The Bertz CT molecular complexity index is 913. The van der Waals surface area contributed by atoms with Crippen LogP contribution in [0.15, 0.2) is 41.5 Å². The zero-order valence-corrected chi connectivity index (χ0v) is 14.7. The van der Waals surface area contributed by atoms with Gasteiger partial charge in [0.2, 0.25) is 11.0 Å². The van der Waals surface area contributed by atoms with E-state index in [1.165, 1.54) is 11.3 Å². The lowest BCUT2D eigenvalue weighted by atomic mass is 10.2. The second-order valence-corrected chi connectivity index (χ2v) is 6.60. The number of nitrogens with one attached hydrogen (secondary N) is 1. The Morgan fingerprint density at radius 1 is 1.32 bits per heavy atom. The number of para-hydroxylation sites is 1. The molecular weight excluding hydrogens is 336 g/mol. The van der Waals surface area contributed by atoms with E-state index in [0.29, 0.717) is 10.1 Å². The van der Waals surface area contributed by atoms with Gasteiger partial charge < -0.3 is 10.3 Å². The summed E-state index contributed by atoms with van der Waals surface area (Å²) in [5, 5.41) is 12.4. The van der Waals surface area contributed by atoms with Gasteiger partial charge in [-0.15, -0.1) is 10.2 Å².